The molecular weight excluding hydrogens is 492 g/mol. The summed E-state index contributed by atoms with van der Waals surface area (Å²) in [5.41, 5.74) is 1.84. The maximum atomic E-state index is 12.7. The topological polar surface area (TPSA) is 109 Å². The number of pyridine rings is 1. The summed E-state index contributed by atoms with van der Waals surface area (Å²) in [5, 5.41) is 12.6. The van der Waals surface area contributed by atoms with Gasteiger partial charge in [-0.15, -0.1) is 10.2 Å². The number of aromatic nitrogens is 3. The lowest BCUT2D eigenvalue weighted by Gasteiger charge is -2.43. The molecule has 4 heterocycles. The number of benzene rings is 1. The molecule has 0 radical (unpaired) electrons. The summed E-state index contributed by atoms with van der Waals surface area (Å²) in [7, 11) is -3.76. The third-order valence-electron chi connectivity index (χ3n) is 6.17. The lowest BCUT2D eigenvalue weighted by atomic mass is 9.83. The summed E-state index contributed by atoms with van der Waals surface area (Å²) in [4.78, 5) is 14.5. The Morgan fingerprint density at radius 3 is 2.68 bits per heavy atom. The number of aryl methyl sites for hydroxylation is 1. The van der Waals surface area contributed by atoms with Gasteiger partial charge >= 0.3 is 0 Å². The monoisotopic (exact) mass is 516 g/mol. The van der Waals surface area contributed by atoms with E-state index in [0.29, 0.717) is 29.7 Å². The Morgan fingerprint density at radius 1 is 1.15 bits per heavy atom. The maximum Gasteiger partial charge on any atom is 0.263 e. The van der Waals surface area contributed by atoms with E-state index in [2.05, 4.69) is 25.1 Å². The minimum absolute atomic E-state index is 0.0582. The Labute approximate surface area is 206 Å². The van der Waals surface area contributed by atoms with Gasteiger partial charge in [0.25, 0.3) is 15.6 Å². The molecule has 2 aliphatic heterocycles. The lowest BCUT2D eigenvalue weighted by Crippen LogP contribution is -2.50. The average Bonchev–Trinajstić information content (AvgIpc) is 3.27. The van der Waals surface area contributed by atoms with Gasteiger partial charge in [-0.25, -0.2) is 8.42 Å². The Bertz CT molecular complexity index is 1380. The molecule has 9 nitrogen and oxygen atoms in total. The highest BCUT2D eigenvalue weighted by atomic mass is 32.2. The zero-order chi connectivity index (χ0) is 23.9. The van der Waals surface area contributed by atoms with E-state index in [1.165, 1.54) is 23.5 Å². The smallest absolute Gasteiger partial charge is 0.263 e. The molecule has 2 aromatic heterocycles. The molecule has 0 spiro atoms. The fourth-order valence-electron chi connectivity index (χ4n) is 4.59. The molecule has 1 saturated heterocycles. The molecule has 1 aromatic carbocycles. The van der Waals surface area contributed by atoms with Crippen molar-refractivity contribution in [2.75, 3.05) is 23.1 Å². The van der Waals surface area contributed by atoms with Crippen molar-refractivity contribution in [1.82, 2.24) is 19.7 Å². The normalized spacial score (nSPS) is 19.4. The fraction of sp³-hybridized carbons (Fsp3) is 0.364. The summed E-state index contributed by atoms with van der Waals surface area (Å²) >= 11 is 6.89. The maximum absolute atomic E-state index is 12.7. The van der Waals surface area contributed by atoms with Crippen LogP contribution in [-0.2, 0) is 23.0 Å². The number of thiocarbonyl (C=S) groups is 1. The summed E-state index contributed by atoms with van der Waals surface area (Å²) in [6.45, 7) is 4.16. The first-order valence-electron chi connectivity index (χ1n) is 11.0. The minimum atomic E-state index is -3.76. The molecule has 0 amide bonds. The van der Waals surface area contributed by atoms with Crippen LogP contribution >= 0.6 is 23.6 Å². The van der Waals surface area contributed by atoms with Gasteiger partial charge in [-0.2, -0.15) is 0 Å². The van der Waals surface area contributed by atoms with Gasteiger partial charge in [0.2, 0.25) is 5.13 Å². The van der Waals surface area contributed by atoms with Crippen molar-refractivity contribution in [2.45, 2.75) is 37.1 Å². The number of rotatable bonds is 5. The number of piperidine rings is 1. The first-order valence-corrected chi connectivity index (χ1v) is 13.7. The Kier molecular flexibility index (Phi) is 6.13. The molecule has 2 atom stereocenters. The molecule has 178 valence electrons. The molecule has 0 unspecified atom stereocenters. The van der Waals surface area contributed by atoms with E-state index in [1.807, 2.05) is 23.6 Å². The van der Waals surface area contributed by atoms with E-state index < -0.39 is 10.0 Å². The molecule has 2 bridgehead atoms. The molecule has 5 rings (SSSR count). The SMILES string of the molecule is CCc1nnc(NS(=O)(=O)c2ccc(NC(=S)N3C[C@@H]4C[C@H](C3)c3cccc(=O)n3C4)cc2)s1. The molecule has 0 aliphatic carbocycles. The minimum Gasteiger partial charge on any atom is -0.348 e. The van der Waals surface area contributed by atoms with Crippen molar-refractivity contribution >= 4 is 49.5 Å². The number of sulfonamides is 1. The zero-order valence-corrected chi connectivity index (χ0v) is 20.9. The number of hydrogen-bond donors (Lipinski definition) is 2. The third kappa shape index (κ3) is 4.57. The largest absolute Gasteiger partial charge is 0.348 e. The number of anilines is 2. The second-order valence-electron chi connectivity index (χ2n) is 8.52. The number of nitrogens with one attached hydrogen (secondary N) is 2. The highest BCUT2D eigenvalue weighted by molar-refractivity contribution is 7.93. The van der Waals surface area contributed by atoms with Crippen LogP contribution in [0.5, 0.6) is 0 Å². The van der Waals surface area contributed by atoms with Crippen molar-refractivity contribution < 1.29 is 8.42 Å². The zero-order valence-electron chi connectivity index (χ0n) is 18.5. The van der Waals surface area contributed by atoms with E-state index >= 15 is 0 Å². The van der Waals surface area contributed by atoms with E-state index in [0.717, 1.165) is 30.2 Å². The molecule has 1 fully saturated rings. The van der Waals surface area contributed by atoms with Crippen LogP contribution in [-0.4, -0.2) is 46.3 Å². The van der Waals surface area contributed by atoms with Gasteiger partial charge < -0.3 is 14.8 Å². The van der Waals surface area contributed by atoms with Crippen LogP contribution in [0.2, 0.25) is 0 Å². The first-order chi connectivity index (χ1) is 16.3. The molecule has 2 N–H and O–H groups in total. The van der Waals surface area contributed by atoms with E-state index in [-0.39, 0.29) is 21.5 Å². The van der Waals surface area contributed by atoms with Crippen LogP contribution in [0.15, 0.2) is 52.2 Å². The molecule has 12 heteroatoms. The number of nitrogens with zero attached hydrogens (tertiary/aromatic N) is 4. The summed E-state index contributed by atoms with van der Waals surface area (Å²) in [5.74, 6) is 0.617. The Hall–Kier alpha value is -2.83. The molecule has 0 saturated carbocycles. The summed E-state index contributed by atoms with van der Waals surface area (Å²) in [6.07, 6.45) is 1.75. The number of likely N-dealkylation sites (tertiary alicyclic amines) is 1. The van der Waals surface area contributed by atoms with Crippen LogP contribution in [0.25, 0.3) is 0 Å². The summed E-state index contributed by atoms with van der Waals surface area (Å²) < 4.78 is 29.7. The number of fused-ring (bicyclic) bond motifs is 4. The van der Waals surface area contributed by atoms with Crippen LogP contribution in [0.1, 0.15) is 30.0 Å². The van der Waals surface area contributed by atoms with E-state index in [4.69, 9.17) is 12.2 Å². The highest BCUT2D eigenvalue weighted by Crippen LogP contribution is 2.35. The Balaban J connectivity index is 1.25. The lowest BCUT2D eigenvalue weighted by molar-refractivity contribution is 0.180. The Morgan fingerprint density at radius 2 is 1.94 bits per heavy atom. The number of hydrogen-bond acceptors (Lipinski definition) is 7. The van der Waals surface area contributed by atoms with Crippen LogP contribution in [0.3, 0.4) is 0 Å². The quantitative estimate of drug-likeness (QED) is 0.499. The van der Waals surface area contributed by atoms with E-state index in [1.54, 1.807) is 18.2 Å². The van der Waals surface area contributed by atoms with E-state index in [9.17, 15) is 13.2 Å². The summed E-state index contributed by atoms with van der Waals surface area (Å²) in [6, 6.07) is 11.9. The molecular formula is C22H24N6O3S3. The van der Waals surface area contributed by atoms with Gasteiger partial charge in [-0.1, -0.05) is 24.3 Å². The van der Waals surface area contributed by atoms with Crippen molar-refractivity contribution in [1.29, 1.82) is 0 Å². The van der Waals surface area contributed by atoms with Gasteiger partial charge in [0.05, 0.1) is 4.90 Å². The van der Waals surface area contributed by atoms with Crippen molar-refractivity contribution in [3.63, 3.8) is 0 Å². The first kappa shape index (κ1) is 22.9. The molecule has 3 aromatic rings. The average molecular weight is 517 g/mol. The van der Waals surface area contributed by atoms with Gasteiger partial charge in [-0.3, -0.25) is 9.52 Å². The highest BCUT2D eigenvalue weighted by Gasteiger charge is 2.35. The van der Waals surface area contributed by atoms with Crippen LogP contribution < -0.4 is 15.6 Å². The van der Waals surface area contributed by atoms with Gasteiger partial charge in [0.15, 0.2) is 5.11 Å². The van der Waals surface area contributed by atoms with Gasteiger partial charge in [0.1, 0.15) is 5.01 Å². The van der Waals surface area contributed by atoms with Crippen molar-refractivity contribution in [3.8, 4) is 0 Å². The van der Waals surface area contributed by atoms with Crippen molar-refractivity contribution in [2.24, 2.45) is 5.92 Å². The third-order valence-corrected chi connectivity index (χ3v) is 9.00. The van der Waals surface area contributed by atoms with Crippen LogP contribution in [0, 0.1) is 5.92 Å². The molecule has 34 heavy (non-hydrogen) atoms. The van der Waals surface area contributed by atoms with Crippen molar-refractivity contribution in [3.05, 3.63) is 63.5 Å². The standard InChI is InChI=1S/C22H24N6O3S3/c1-2-19-24-25-21(33-19)26-34(30,31)17-8-6-16(7-9-17)23-22(32)27-11-14-10-15(13-27)18-4-3-5-20(29)28(18)12-14/h3-9,14-15H,2,10-13H2,1H3,(H,23,32)(H,25,26)/t14-,15+/m0/s1. The fourth-order valence-corrected chi connectivity index (χ4v) is 6.77. The predicted molar refractivity (Wildman–Crippen MR) is 136 cm³/mol. The molecule has 2 aliphatic rings. The second kappa shape index (κ2) is 9.08. The van der Waals surface area contributed by atoms with Gasteiger partial charge in [-0.05, 0) is 61.3 Å². The predicted octanol–water partition coefficient (Wildman–Crippen LogP) is 2.88. The van der Waals surface area contributed by atoms with Crippen LogP contribution in [0.4, 0.5) is 10.8 Å². The second-order valence-corrected chi connectivity index (χ2v) is 11.6. The van der Waals surface area contributed by atoms with Gasteiger partial charge in [0, 0.05) is 43.0 Å².